The molecular formula is C58H41NO. The van der Waals surface area contributed by atoms with E-state index in [4.69, 9.17) is 4.74 Å². The summed E-state index contributed by atoms with van der Waals surface area (Å²) in [5, 5.41) is 0. The summed E-state index contributed by atoms with van der Waals surface area (Å²) in [6.07, 6.45) is 0. The summed E-state index contributed by atoms with van der Waals surface area (Å²) >= 11 is 0. The molecule has 2 aliphatic carbocycles. The van der Waals surface area contributed by atoms with Crippen molar-refractivity contribution in [3.8, 4) is 56.0 Å². The van der Waals surface area contributed by atoms with Crippen molar-refractivity contribution in [3.05, 3.63) is 246 Å². The highest BCUT2D eigenvalue weighted by Crippen LogP contribution is 2.64. The summed E-state index contributed by atoms with van der Waals surface area (Å²) in [6, 6.07) is 77.9. The van der Waals surface area contributed by atoms with Gasteiger partial charge in [0.05, 0.1) is 11.1 Å². The van der Waals surface area contributed by atoms with E-state index in [1.54, 1.807) is 0 Å². The predicted octanol–water partition coefficient (Wildman–Crippen LogP) is 15.3. The molecule has 0 saturated carbocycles. The van der Waals surface area contributed by atoms with Crippen LogP contribution >= 0.6 is 0 Å². The van der Waals surface area contributed by atoms with Gasteiger partial charge in [-0.15, -0.1) is 0 Å². The second kappa shape index (κ2) is 13.0. The molecule has 0 N–H and O–H groups in total. The second-order valence-corrected chi connectivity index (χ2v) is 16.8. The Morgan fingerprint density at radius 3 is 1.55 bits per heavy atom. The fourth-order valence-corrected chi connectivity index (χ4v) is 10.7. The van der Waals surface area contributed by atoms with Gasteiger partial charge in [-0.3, -0.25) is 0 Å². The molecule has 0 radical (unpaired) electrons. The van der Waals surface area contributed by atoms with Crippen molar-refractivity contribution >= 4 is 17.1 Å². The van der Waals surface area contributed by atoms with E-state index >= 15 is 0 Å². The van der Waals surface area contributed by atoms with Crippen LogP contribution in [0, 0.1) is 0 Å². The summed E-state index contributed by atoms with van der Waals surface area (Å²) in [5.41, 5.74) is 19.9. The van der Waals surface area contributed by atoms with Crippen LogP contribution < -0.4 is 9.64 Å². The van der Waals surface area contributed by atoms with Crippen molar-refractivity contribution in [2.75, 3.05) is 4.90 Å². The monoisotopic (exact) mass is 767 g/mol. The van der Waals surface area contributed by atoms with E-state index in [2.05, 4.69) is 231 Å². The van der Waals surface area contributed by atoms with Gasteiger partial charge in [0, 0.05) is 33.5 Å². The van der Waals surface area contributed by atoms with Crippen LogP contribution in [0.2, 0.25) is 0 Å². The van der Waals surface area contributed by atoms with Crippen LogP contribution in [-0.2, 0) is 10.8 Å². The van der Waals surface area contributed by atoms with Crippen LogP contribution in [0.5, 0.6) is 11.5 Å². The molecule has 0 bridgehead atoms. The molecule has 1 spiro atoms. The third-order valence-corrected chi connectivity index (χ3v) is 13.3. The molecule has 1 unspecified atom stereocenters. The summed E-state index contributed by atoms with van der Waals surface area (Å²) in [7, 11) is 0. The van der Waals surface area contributed by atoms with Gasteiger partial charge < -0.3 is 9.64 Å². The maximum atomic E-state index is 6.92. The topological polar surface area (TPSA) is 12.5 Å². The first-order valence-electron chi connectivity index (χ1n) is 20.9. The van der Waals surface area contributed by atoms with Gasteiger partial charge in [0.2, 0.25) is 0 Å². The molecule has 2 heteroatoms. The molecule has 2 nitrogen and oxygen atoms in total. The molecule has 284 valence electrons. The highest BCUT2D eigenvalue weighted by molar-refractivity contribution is 5.96. The SMILES string of the molecule is CC1(C)c2ccccc2-c2ccc(N(c3ccc4c(c3)C3(c5ccccc5Oc5cccc(-c6ccccc6)c53)c3ccccc3-4)c3ccccc3-c3ccccc3)cc21. The lowest BCUT2D eigenvalue weighted by atomic mass is 9.64. The minimum Gasteiger partial charge on any atom is -0.457 e. The Bertz CT molecular complexity index is 3160. The Hall–Kier alpha value is -7.42. The van der Waals surface area contributed by atoms with Crippen molar-refractivity contribution in [2.45, 2.75) is 24.7 Å². The predicted molar refractivity (Wildman–Crippen MR) is 247 cm³/mol. The molecule has 1 atom stereocenters. The van der Waals surface area contributed by atoms with Crippen LogP contribution in [0.15, 0.2) is 212 Å². The highest BCUT2D eigenvalue weighted by atomic mass is 16.5. The smallest absolute Gasteiger partial charge is 0.132 e. The van der Waals surface area contributed by atoms with Gasteiger partial charge in [0.1, 0.15) is 11.5 Å². The highest BCUT2D eigenvalue weighted by Gasteiger charge is 2.52. The zero-order chi connectivity index (χ0) is 40.0. The number of hydrogen-bond acceptors (Lipinski definition) is 2. The molecular weight excluding hydrogens is 727 g/mol. The lowest BCUT2D eigenvalue weighted by molar-refractivity contribution is 0.437. The first kappa shape index (κ1) is 34.6. The van der Waals surface area contributed by atoms with Crippen LogP contribution in [0.1, 0.15) is 47.2 Å². The second-order valence-electron chi connectivity index (χ2n) is 16.8. The Labute approximate surface area is 351 Å². The Morgan fingerprint density at radius 2 is 0.833 bits per heavy atom. The summed E-state index contributed by atoms with van der Waals surface area (Å²) in [5.74, 6) is 1.77. The van der Waals surface area contributed by atoms with Gasteiger partial charge >= 0.3 is 0 Å². The molecule has 9 aromatic rings. The summed E-state index contributed by atoms with van der Waals surface area (Å²) < 4.78 is 6.92. The fourth-order valence-electron chi connectivity index (χ4n) is 10.7. The van der Waals surface area contributed by atoms with Gasteiger partial charge in [-0.25, -0.2) is 0 Å². The standard InChI is InChI=1S/C58H41NO/c1-57(2)48-26-12-9-23-44(48)46-34-32-40(36-51(46)57)59(53-29-15-11-22-42(53)38-18-5-3-6-19-38)41-33-35-47-45-24-10-13-27-49(45)58(52(47)37-41)50-28-14-16-30-54(50)60-55-31-17-25-43(56(55)58)39-20-7-4-8-21-39/h3-37H,1-2H3. The molecule has 3 aliphatic rings. The molecule has 60 heavy (non-hydrogen) atoms. The van der Waals surface area contributed by atoms with Gasteiger partial charge in [-0.1, -0.05) is 184 Å². The third-order valence-electron chi connectivity index (χ3n) is 13.3. The van der Waals surface area contributed by atoms with E-state index in [1.165, 1.54) is 72.3 Å². The van der Waals surface area contributed by atoms with E-state index in [9.17, 15) is 0 Å². The average Bonchev–Trinajstić information content (AvgIpc) is 3.72. The van der Waals surface area contributed by atoms with E-state index < -0.39 is 5.41 Å². The first-order chi connectivity index (χ1) is 29.5. The Balaban J connectivity index is 1.16. The summed E-state index contributed by atoms with van der Waals surface area (Å²) in [6.45, 7) is 4.73. The van der Waals surface area contributed by atoms with Crippen LogP contribution in [-0.4, -0.2) is 0 Å². The van der Waals surface area contributed by atoms with Gasteiger partial charge in [-0.05, 0) is 104 Å². The van der Waals surface area contributed by atoms with Crippen molar-refractivity contribution in [3.63, 3.8) is 0 Å². The van der Waals surface area contributed by atoms with Crippen molar-refractivity contribution < 1.29 is 4.74 Å². The fraction of sp³-hybridized carbons (Fsp3) is 0.0690. The Morgan fingerprint density at radius 1 is 0.350 bits per heavy atom. The lowest BCUT2D eigenvalue weighted by Gasteiger charge is -2.41. The maximum Gasteiger partial charge on any atom is 0.132 e. The number of para-hydroxylation sites is 2. The van der Waals surface area contributed by atoms with E-state index in [0.717, 1.165) is 34.1 Å². The maximum absolute atomic E-state index is 6.92. The van der Waals surface area contributed by atoms with Crippen LogP contribution in [0.25, 0.3) is 44.5 Å². The zero-order valence-corrected chi connectivity index (χ0v) is 33.6. The molecule has 0 amide bonds. The van der Waals surface area contributed by atoms with Crippen LogP contribution in [0.4, 0.5) is 17.1 Å². The van der Waals surface area contributed by atoms with E-state index in [0.29, 0.717) is 0 Å². The zero-order valence-electron chi connectivity index (χ0n) is 33.6. The largest absolute Gasteiger partial charge is 0.457 e. The van der Waals surface area contributed by atoms with E-state index in [1.807, 2.05) is 0 Å². The molecule has 1 heterocycles. The summed E-state index contributed by atoms with van der Waals surface area (Å²) in [4.78, 5) is 2.49. The number of hydrogen-bond donors (Lipinski definition) is 0. The normalized spacial score (nSPS) is 15.8. The molecule has 0 fully saturated rings. The van der Waals surface area contributed by atoms with Gasteiger partial charge in [0.25, 0.3) is 0 Å². The number of benzene rings is 9. The quantitative estimate of drug-likeness (QED) is 0.173. The van der Waals surface area contributed by atoms with Gasteiger partial charge in [-0.2, -0.15) is 0 Å². The van der Waals surface area contributed by atoms with Crippen LogP contribution in [0.3, 0.4) is 0 Å². The Kier molecular flexibility index (Phi) is 7.52. The van der Waals surface area contributed by atoms with Crippen molar-refractivity contribution in [1.82, 2.24) is 0 Å². The minimum atomic E-state index is -0.662. The third kappa shape index (κ3) is 4.82. The number of anilines is 3. The molecule has 0 saturated heterocycles. The molecule has 0 aromatic heterocycles. The molecule has 9 aromatic carbocycles. The number of nitrogens with zero attached hydrogens (tertiary/aromatic N) is 1. The number of fused-ring (bicyclic) bond motifs is 12. The van der Waals surface area contributed by atoms with Crippen molar-refractivity contribution in [2.24, 2.45) is 0 Å². The number of ether oxygens (including phenoxy) is 1. The first-order valence-corrected chi connectivity index (χ1v) is 20.9. The van der Waals surface area contributed by atoms with Gasteiger partial charge in [0.15, 0.2) is 0 Å². The minimum absolute atomic E-state index is 0.153. The number of rotatable bonds is 5. The molecule has 1 aliphatic heterocycles. The average molecular weight is 768 g/mol. The van der Waals surface area contributed by atoms with Crippen molar-refractivity contribution in [1.29, 1.82) is 0 Å². The molecule has 12 rings (SSSR count). The lowest BCUT2D eigenvalue weighted by Crippen LogP contribution is -2.33. The van der Waals surface area contributed by atoms with E-state index in [-0.39, 0.29) is 5.41 Å².